The van der Waals surface area contributed by atoms with Crippen LogP contribution in [-0.2, 0) is 6.61 Å². The Kier molecular flexibility index (Phi) is 8.06. The monoisotopic (exact) mass is 482 g/mol. The number of carbonyl (C=O) groups excluding carboxylic acids is 1. The number of nitrogens with zero attached hydrogens (tertiary/aromatic N) is 1. The molecule has 1 amide bonds. The topological polar surface area (TPSA) is 69.2 Å². The number of amides is 1. The molecule has 0 aliphatic rings. The smallest absolute Gasteiger partial charge is 0.275 e. The number of hydrogen-bond donors (Lipinski definition) is 1. The summed E-state index contributed by atoms with van der Waals surface area (Å²) in [6.07, 6.45) is 1.55. The number of hydrogen-bond acceptors (Lipinski definition) is 5. The van der Waals surface area contributed by atoms with Crippen molar-refractivity contribution in [2.45, 2.75) is 13.5 Å². The fraction of sp³-hybridized carbons (Fsp3) is 0.167. The van der Waals surface area contributed by atoms with Crippen LogP contribution in [0.2, 0.25) is 0 Å². The van der Waals surface area contributed by atoms with E-state index in [0.717, 1.165) is 15.6 Å². The lowest BCUT2D eigenvalue weighted by Crippen LogP contribution is -2.18. The first-order chi connectivity index (χ1) is 15.1. The molecule has 0 fully saturated rings. The van der Waals surface area contributed by atoms with Crippen molar-refractivity contribution in [3.8, 4) is 17.2 Å². The van der Waals surface area contributed by atoms with Crippen molar-refractivity contribution in [3.05, 3.63) is 87.9 Å². The summed E-state index contributed by atoms with van der Waals surface area (Å²) in [5, 5.41) is 4.05. The summed E-state index contributed by atoms with van der Waals surface area (Å²) in [6, 6.07) is 20.4. The van der Waals surface area contributed by atoms with Gasteiger partial charge in [-0.3, -0.25) is 4.79 Å². The molecule has 3 aromatic rings. The molecule has 3 rings (SSSR count). The van der Waals surface area contributed by atoms with Gasteiger partial charge in [-0.25, -0.2) is 5.43 Å². The van der Waals surface area contributed by atoms with Gasteiger partial charge in [0.15, 0.2) is 11.5 Å². The molecule has 0 aliphatic heterocycles. The summed E-state index contributed by atoms with van der Waals surface area (Å²) in [4.78, 5) is 12.3. The van der Waals surface area contributed by atoms with E-state index in [4.69, 9.17) is 14.2 Å². The second-order valence-corrected chi connectivity index (χ2v) is 7.37. The van der Waals surface area contributed by atoms with Crippen LogP contribution in [0.3, 0.4) is 0 Å². The Balaban J connectivity index is 1.66. The fourth-order valence-electron chi connectivity index (χ4n) is 2.79. The quantitative estimate of drug-likeness (QED) is 0.336. The molecule has 0 spiro atoms. The minimum Gasteiger partial charge on any atom is -0.496 e. The van der Waals surface area contributed by atoms with Crippen LogP contribution in [0.4, 0.5) is 0 Å². The van der Waals surface area contributed by atoms with E-state index in [1.54, 1.807) is 30.5 Å². The number of halogens is 1. The normalized spacial score (nSPS) is 10.7. The maximum atomic E-state index is 12.3. The van der Waals surface area contributed by atoms with Gasteiger partial charge in [-0.2, -0.15) is 5.10 Å². The molecule has 0 bridgehead atoms. The largest absolute Gasteiger partial charge is 0.496 e. The Bertz CT molecular complexity index is 1050. The molecular formula is C24H23BrN2O4. The minimum atomic E-state index is -0.354. The second kappa shape index (κ2) is 11.2. The molecule has 31 heavy (non-hydrogen) atoms. The molecule has 3 aromatic carbocycles. The predicted molar refractivity (Wildman–Crippen MR) is 124 cm³/mol. The van der Waals surface area contributed by atoms with Crippen molar-refractivity contribution in [1.82, 2.24) is 5.43 Å². The van der Waals surface area contributed by atoms with Gasteiger partial charge in [0.1, 0.15) is 12.4 Å². The van der Waals surface area contributed by atoms with E-state index in [1.807, 2.05) is 49.4 Å². The molecule has 0 radical (unpaired) electrons. The maximum absolute atomic E-state index is 12.3. The molecule has 7 heteroatoms. The molecule has 0 heterocycles. The van der Waals surface area contributed by atoms with Gasteiger partial charge in [-0.1, -0.05) is 40.2 Å². The number of carbonyl (C=O) groups is 1. The first-order valence-corrected chi connectivity index (χ1v) is 10.5. The van der Waals surface area contributed by atoms with E-state index < -0.39 is 0 Å². The number of methoxy groups -OCH3 is 1. The lowest BCUT2D eigenvalue weighted by atomic mass is 10.2. The zero-order valence-corrected chi connectivity index (χ0v) is 18.9. The molecule has 0 atom stereocenters. The number of para-hydroxylation sites is 1. The summed E-state index contributed by atoms with van der Waals surface area (Å²) < 4.78 is 17.9. The van der Waals surface area contributed by atoms with Gasteiger partial charge in [0.2, 0.25) is 0 Å². The number of hydrazone groups is 1. The third-order valence-corrected chi connectivity index (χ3v) is 4.84. The van der Waals surface area contributed by atoms with Crippen molar-refractivity contribution < 1.29 is 19.0 Å². The van der Waals surface area contributed by atoms with Crippen LogP contribution in [0.25, 0.3) is 0 Å². The summed E-state index contributed by atoms with van der Waals surface area (Å²) in [5.41, 5.74) is 4.74. The highest BCUT2D eigenvalue weighted by atomic mass is 79.9. The van der Waals surface area contributed by atoms with Gasteiger partial charge < -0.3 is 14.2 Å². The van der Waals surface area contributed by atoms with Gasteiger partial charge in [0.25, 0.3) is 5.91 Å². The van der Waals surface area contributed by atoms with Crippen molar-refractivity contribution >= 4 is 28.1 Å². The molecule has 0 aromatic heterocycles. The SMILES string of the molecule is CCOc1cc(/C=N\NC(=O)c2ccccc2OC)ccc1OCc1ccc(Br)cc1. The lowest BCUT2D eigenvalue weighted by Gasteiger charge is -2.12. The third kappa shape index (κ3) is 6.33. The average Bonchev–Trinajstić information content (AvgIpc) is 2.79. The van der Waals surface area contributed by atoms with Gasteiger partial charge >= 0.3 is 0 Å². The first-order valence-electron chi connectivity index (χ1n) is 9.71. The Hall–Kier alpha value is -3.32. The summed E-state index contributed by atoms with van der Waals surface area (Å²) >= 11 is 3.43. The van der Waals surface area contributed by atoms with Crippen LogP contribution in [0.1, 0.15) is 28.4 Å². The van der Waals surface area contributed by atoms with Gasteiger partial charge in [-0.05, 0) is 60.5 Å². The lowest BCUT2D eigenvalue weighted by molar-refractivity contribution is 0.0952. The molecule has 0 unspecified atom stereocenters. The summed E-state index contributed by atoms with van der Waals surface area (Å²) in [5.74, 6) is 1.38. The Morgan fingerprint density at radius 3 is 2.52 bits per heavy atom. The fourth-order valence-corrected chi connectivity index (χ4v) is 3.06. The first kappa shape index (κ1) is 22.4. The number of ether oxygens (including phenoxy) is 3. The third-order valence-electron chi connectivity index (χ3n) is 4.31. The van der Waals surface area contributed by atoms with E-state index in [2.05, 4.69) is 26.5 Å². The molecule has 0 aliphatic carbocycles. The molecule has 6 nitrogen and oxygen atoms in total. The number of benzene rings is 3. The number of rotatable bonds is 9. The maximum Gasteiger partial charge on any atom is 0.275 e. The summed E-state index contributed by atoms with van der Waals surface area (Å²) in [6.45, 7) is 2.84. The molecule has 1 N–H and O–H groups in total. The van der Waals surface area contributed by atoms with Crippen LogP contribution < -0.4 is 19.6 Å². The van der Waals surface area contributed by atoms with Crippen LogP contribution in [0.15, 0.2) is 76.3 Å². The highest BCUT2D eigenvalue weighted by Gasteiger charge is 2.10. The Morgan fingerprint density at radius 1 is 1.00 bits per heavy atom. The van der Waals surface area contributed by atoms with E-state index in [-0.39, 0.29) is 5.91 Å². The second-order valence-electron chi connectivity index (χ2n) is 6.45. The number of nitrogens with one attached hydrogen (secondary N) is 1. The Morgan fingerprint density at radius 2 is 1.77 bits per heavy atom. The van der Waals surface area contributed by atoms with Gasteiger partial charge in [0.05, 0.1) is 25.5 Å². The zero-order chi connectivity index (χ0) is 22.1. The standard InChI is InChI=1S/C24H23BrN2O4/c1-3-30-23-14-18(10-13-22(23)31-16-17-8-11-19(25)12-9-17)15-26-27-24(28)20-6-4-5-7-21(20)29-2/h4-15H,3,16H2,1-2H3,(H,27,28)/b26-15-. The van der Waals surface area contributed by atoms with Gasteiger partial charge in [-0.15, -0.1) is 0 Å². The molecule has 0 saturated heterocycles. The average molecular weight is 483 g/mol. The van der Waals surface area contributed by atoms with Crippen molar-refractivity contribution in [2.24, 2.45) is 5.10 Å². The van der Waals surface area contributed by atoms with Crippen molar-refractivity contribution in [3.63, 3.8) is 0 Å². The van der Waals surface area contributed by atoms with Crippen LogP contribution in [0.5, 0.6) is 17.2 Å². The van der Waals surface area contributed by atoms with E-state index in [0.29, 0.717) is 36.0 Å². The van der Waals surface area contributed by atoms with E-state index >= 15 is 0 Å². The highest BCUT2D eigenvalue weighted by molar-refractivity contribution is 9.10. The zero-order valence-electron chi connectivity index (χ0n) is 17.3. The van der Waals surface area contributed by atoms with Gasteiger partial charge in [0, 0.05) is 4.47 Å². The predicted octanol–water partition coefficient (Wildman–Crippen LogP) is 5.20. The van der Waals surface area contributed by atoms with Crippen molar-refractivity contribution in [2.75, 3.05) is 13.7 Å². The van der Waals surface area contributed by atoms with Crippen molar-refractivity contribution in [1.29, 1.82) is 0 Å². The van der Waals surface area contributed by atoms with E-state index in [9.17, 15) is 4.79 Å². The van der Waals surface area contributed by atoms with Crippen LogP contribution in [0, 0.1) is 0 Å². The molecule has 160 valence electrons. The van der Waals surface area contributed by atoms with Crippen LogP contribution in [-0.4, -0.2) is 25.8 Å². The van der Waals surface area contributed by atoms with E-state index in [1.165, 1.54) is 7.11 Å². The Labute approximate surface area is 190 Å². The molecular weight excluding hydrogens is 460 g/mol. The molecule has 0 saturated carbocycles. The van der Waals surface area contributed by atoms with Crippen LogP contribution >= 0.6 is 15.9 Å². The highest BCUT2D eigenvalue weighted by Crippen LogP contribution is 2.29. The minimum absolute atomic E-state index is 0.354. The summed E-state index contributed by atoms with van der Waals surface area (Å²) in [7, 11) is 1.52.